The second kappa shape index (κ2) is 10.00. The zero-order valence-corrected chi connectivity index (χ0v) is 19.3. The number of nitrogens with zero attached hydrogens (tertiary/aromatic N) is 3. The quantitative estimate of drug-likeness (QED) is 0.397. The van der Waals surface area contributed by atoms with Crippen LogP contribution in [-0.2, 0) is 16.1 Å². The number of fused-ring (bicyclic) bond motifs is 1. The van der Waals surface area contributed by atoms with Crippen molar-refractivity contribution in [3.8, 4) is 0 Å². The van der Waals surface area contributed by atoms with Gasteiger partial charge in [-0.2, -0.15) is 0 Å². The molecule has 10 heteroatoms. The summed E-state index contributed by atoms with van der Waals surface area (Å²) >= 11 is -1.52. The van der Waals surface area contributed by atoms with Crippen molar-refractivity contribution in [1.29, 1.82) is 0 Å². The monoisotopic (exact) mass is 487 g/mol. The van der Waals surface area contributed by atoms with Gasteiger partial charge in [0.1, 0.15) is 28.8 Å². The molecule has 0 spiro atoms. The highest BCUT2D eigenvalue weighted by atomic mass is 32.2. The molecule has 5 rings (SSSR count). The molecule has 0 saturated carbocycles. The predicted molar refractivity (Wildman–Crippen MR) is 132 cm³/mol. The van der Waals surface area contributed by atoms with Gasteiger partial charge in [0.2, 0.25) is 4.90 Å². The van der Waals surface area contributed by atoms with Gasteiger partial charge in [0.05, 0.1) is 18.8 Å². The Morgan fingerprint density at radius 1 is 0.943 bits per heavy atom. The third-order valence-corrected chi connectivity index (χ3v) is 6.59. The number of aromatic nitrogens is 2. The predicted octanol–water partition coefficient (Wildman–Crippen LogP) is 3.84. The maximum absolute atomic E-state index is 12.9. The number of hydrogen-bond donors (Lipinski definition) is 2. The normalized spacial score (nSPS) is 14.1. The average molecular weight is 488 g/mol. The molecular formula is C25H21N5O4S. The number of benzene rings is 2. The van der Waals surface area contributed by atoms with Gasteiger partial charge in [-0.25, -0.2) is 14.5 Å². The van der Waals surface area contributed by atoms with Crippen molar-refractivity contribution in [1.82, 2.24) is 14.9 Å². The van der Waals surface area contributed by atoms with Crippen LogP contribution in [0.25, 0.3) is 10.9 Å². The van der Waals surface area contributed by atoms with Gasteiger partial charge in [0, 0.05) is 23.3 Å². The number of hydrogen-bond acceptors (Lipinski definition) is 7. The molecule has 1 unspecified atom stereocenters. The number of rotatable bonds is 6. The van der Waals surface area contributed by atoms with E-state index in [1.807, 2.05) is 24.3 Å². The molecule has 2 aromatic heterocycles. The van der Waals surface area contributed by atoms with Crippen molar-refractivity contribution in [3.05, 3.63) is 90.8 Å². The number of pyridine rings is 2. The lowest BCUT2D eigenvalue weighted by Gasteiger charge is -2.38. The van der Waals surface area contributed by atoms with Crippen LogP contribution in [0.1, 0.15) is 10.4 Å². The standard InChI is InChI=1S/C25H21N5O4S/c31-24(30-15-20(16-30)34-25(32)28-22-8-1-2-13-26-22)18-9-11-19(12-10-18)29-35(33)21-7-3-5-17-6-4-14-27-23(17)21/h1-14,20,29H,15-16H2,(H,26,28,32). The molecule has 2 aromatic carbocycles. The Labute approximate surface area is 204 Å². The molecule has 0 bridgehead atoms. The Morgan fingerprint density at radius 3 is 2.49 bits per heavy atom. The minimum absolute atomic E-state index is 0.166. The number of nitrogens with one attached hydrogen (secondary N) is 2. The SMILES string of the molecule is O=C(Nc1ccccn1)OC1CN(C(=O)c2ccc(N[S+]([O-])c3cccc4cccnc34)cc2)C1. The molecule has 0 radical (unpaired) electrons. The zero-order chi connectivity index (χ0) is 24.2. The highest BCUT2D eigenvalue weighted by molar-refractivity contribution is 7.93. The number of likely N-dealkylation sites (tertiary alicyclic amines) is 1. The van der Waals surface area contributed by atoms with Crippen molar-refractivity contribution in [2.24, 2.45) is 0 Å². The Bertz CT molecular complexity index is 1340. The van der Waals surface area contributed by atoms with Gasteiger partial charge in [-0.3, -0.25) is 15.1 Å². The van der Waals surface area contributed by atoms with E-state index in [0.717, 1.165) is 5.39 Å². The first-order valence-electron chi connectivity index (χ1n) is 10.9. The van der Waals surface area contributed by atoms with Crippen LogP contribution >= 0.6 is 0 Å². The third kappa shape index (κ3) is 5.18. The molecule has 2 N–H and O–H groups in total. The van der Waals surface area contributed by atoms with Crippen molar-refractivity contribution in [2.45, 2.75) is 11.0 Å². The van der Waals surface area contributed by atoms with Gasteiger partial charge in [-0.15, -0.1) is 0 Å². The first kappa shape index (κ1) is 22.6. The van der Waals surface area contributed by atoms with E-state index >= 15 is 0 Å². The number of carbonyl (C=O) groups is 2. The zero-order valence-electron chi connectivity index (χ0n) is 18.5. The largest absolute Gasteiger partial charge is 0.588 e. The van der Waals surface area contributed by atoms with Gasteiger partial charge < -0.3 is 14.2 Å². The maximum atomic E-state index is 12.9. The first-order chi connectivity index (χ1) is 17.1. The third-order valence-electron chi connectivity index (χ3n) is 5.44. The molecule has 1 atom stereocenters. The van der Waals surface area contributed by atoms with E-state index < -0.39 is 17.5 Å². The summed E-state index contributed by atoms with van der Waals surface area (Å²) in [5.41, 5.74) is 1.78. The maximum Gasteiger partial charge on any atom is 0.413 e. The topological polar surface area (TPSA) is 120 Å². The highest BCUT2D eigenvalue weighted by Crippen LogP contribution is 2.24. The smallest absolute Gasteiger partial charge is 0.413 e. The second-order valence-corrected chi connectivity index (χ2v) is 9.04. The van der Waals surface area contributed by atoms with E-state index in [2.05, 4.69) is 20.0 Å². The van der Waals surface area contributed by atoms with Crippen LogP contribution in [0.5, 0.6) is 0 Å². The van der Waals surface area contributed by atoms with Gasteiger partial charge in [0.25, 0.3) is 5.91 Å². The molecule has 0 aliphatic carbocycles. The molecule has 1 fully saturated rings. The molecule has 176 valence electrons. The number of para-hydroxylation sites is 1. The molecule has 35 heavy (non-hydrogen) atoms. The van der Waals surface area contributed by atoms with Crippen LogP contribution < -0.4 is 10.0 Å². The molecule has 9 nitrogen and oxygen atoms in total. The molecule has 4 aromatic rings. The van der Waals surface area contributed by atoms with Crippen LogP contribution in [-0.4, -0.2) is 50.6 Å². The fourth-order valence-corrected chi connectivity index (χ4v) is 4.66. The number of ether oxygens (including phenoxy) is 1. The number of amides is 2. The summed E-state index contributed by atoms with van der Waals surface area (Å²) < 4.78 is 21.2. The summed E-state index contributed by atoms with van der Waals surface area (Å²) in [4.78, 5) is 35.2. The minimum Gasteiger partial charge on any atom is -0.588 e. The molecule has 3 heterocycles. The van der Waals surface area contributed by atoms with Gasteiger partial charge >= 0.3 is 6.09 Å². The highest BCUT2D eigenvalue weighted by Gasteiger charge is 2.34. The van der Waals surface area contributed by atoms with Crippen LogP contribution in [0.2, 0.25) is 0 Å². The average Bonchev–Trinajstić information content (AvgIpc) is 2.86. The summed E-state index contributed by atoms with van der Waals surface area (Å²) in [7, 11) is 0. The molecular weight excluding hydrogens is 466 g/mol. The van der Waals surface area contributed by atoms with E-state index in [0.29, 0.717) is 40.6 Å². The summed E-state index contributed by atoms with van der Waals surface area (Å²) in [6.07, 6.45) is 2.26. The lowest BCUT2D eigenvalue weighted by Crippen LogP contribution is -2.55. The fourth-order valence-electron chi connectivity index (χ4n) is 3.65. The van der Waals surface area contributed by atoms with Crippen molar-refractivity contribution >= 4 is 45.8 Å². The summed E-state index contributed by atoms with van der Waals surface area (Å²) in [5, 5.41) is 3.46. The summed E-state index contributed by atoms with van der Waals surface area (Å²) in [6.45, 7) is 0.624. The van der Waals surface area contributed by atoms with E-state index in [4.69, 9.17) is 4.74 Å². The second-order valence-electron chi connectivity index (χ2n) is 7.86. The summed E-state index contributed by atoms with van der Waals surface area (Å²) in [5.74, 6) is 0.233. The Hall–Kier alpha value is -4.15. The van der Waals surface area contributed by atoms with Crippen molar-refractivity contribution in [2.75, 3.05) is 23.1 Å². The van der Waals surface area contributed by atoms with Crippen molar-refractivity contribution in [3.63, 3.8) is 0 Å². The van der Waals surface area contributed by atoms with Gasteiger partial charge in [-0.1, -0.05) is 24.3 Å². The first-order valence-corrected chi connectivity index (χ1v) is 12.0. The Kier molecular flexibility index (Phi) is 6.47. The van der Waals surface area contributed by atoms with Crippen LogP contribution in [0, 0.1) is 0 Å². The minimum atomic E-state index is -1.52. The van der Waals surface area contributed by atoms with Crippen LogP contribution in [0.15, 0.2) is 90.1 Å². The van der Waals surface area contributed by atoms with Gasteiger partial charge in [0.15, 0.2) is 0 Å². The number of anilines is 2. The molecule has 1 saturated heterocycles. The van der Waals surface area contributed by atoms with Crippen molar-refractivity contribution < 1.29 is 18.9 Å². The Morgan fingerprint density at radius 2 is 1.71 bits per heavy atom. The summed E-state index contributed by atoms with van der Waals surface area (Å²) in [6, 6.07) is 21.2. The van der Waals surface area contributed by atoms with E-state index in [1.54, 1.807) is 65.8 Å². The number of carbonyl (C=O) groups excluding carboxylic acids is 2. The van der Waals surface area contributed by atoms with E-state index in [9.17, 15) is 14.1 Å². The van der Waals surface area contributed by atoms with Gasteiger partial charge in [-0.05, 0) is 48.5 Å². The molecule has 1 aliphatic rings. The lowest BCUT2D eigenvalue weighted by atomic mass is 10.1. The van der Waals surface area contributed by atoms with E-state index in [1.165, 1.54) is 0 Å². The molecule has 2 amide bonds. The van der Waals surface area contributed by atoms with Crippen LogP contribution in [0.4, 0.5) is 16.3 Å². The van der Waals surface area contributed by atoms with Crippen LogP contribution in [0.3, 0.4) is 0 Å². The lowest BCUT2D eigenvalue weighted by molar-refractivity contribution is -0.00207. The Balaban J connectivity index is 1.14. The molecule has 1 aliphatic heterocycles. The van der Waals surface area contributed by atoms with E-state index in [-0.39, 0.29) is 12.0 Å². The fraction of sp³-hybridized carbons (Fsp3) is 0.120.